The number of fused-ring (bicyclic) bond motifs is 1. The lowest BCUT2D eigenvalue weighted by atomic mass is 9.87. The number of aryl methyl sites for hydroxylation is 1. The molecular weight excluding hydrogens is 416 g/mol. The molecule has 0 aliphatic rings. The van der Waals surface area contributed by atoms with Crippen LogP contribution >= 0.6 is 0 Å². The highest BCUT2D eigenvalue weighted by molar-refractivity contribution is 5.81. The first-order valence-corrected chi connectivity index (χ1v) is 11.6. The van der Waals surface area contributed by atoms with E-state index >= 15 is 0 Å². The molecule has 3 aromatic rings. The molecule has 6 N–H and O–H groups in total. The second-order valence-corrected chi connectivity index (χ2v) is 9.61. The number of nitrogens with one attached hydrogen (secondary N) is 1. The summed E-state index contributed by atoms with van der Waals surface area (Å²) in [5.41, 5.74) is 15.1. The predicted octanol–water partition coefficient (Wildman–Crippen LogP) is 3.34. The van der Waals surface area contributed by atoms with Gasteiger partial charge in [-0.05, 0) is 60.9 Å². The van der Waals surface area contributed by atoms with Gasteiger partial charge in [-0.2, -0.15) is 0 Å². The zero-order valence-electron chi connectivity index (χ0n) is 19.8. The van der Waals surface area contributed by atoms with Gasteiger partial charge in [-0.25, -0.2) is 4.98 Å². The van der Waals surface area contributed by atoms with Gasteiger partial charge in [0.15, 0.2) is 11.7 Å². The number of oxazole rings is 1. The summed E-state index contributed by atoms with van der Waals surface area (Å²) in [6.07, 6.45) is 1.22. The van der Waals surface area contributed by atoms with E-state index in [9.17, 15) is 9.90 Å². The number of aromatic nitrogens is 1. The first kappa shape index (κ1) is 24.9. The van der Waals surface area contributed by atoms with Crippen molar-refractivity contribution < 1.29 is 14.3 Å². The van der Waals surface area contributed by atoms with Crippen molar-refractivity contribution in [1.29, 1.82) is 0 Å². The molecule has 178 valence electrons. The van der Waals surface area contributed by atoms with E-state index in [1.165, 1.54) is 0 Å². The average molecular weight is 453 g/mol. The summed E-state index contributed by atoms with van der Waals surface area (Å²) in [7, 11) is 0. The number of benzene rings is 2. The Hall–Kier alpha value is -2.74. The van der Waals surface area contributed by atoms with Crippen molar-refractivity contribution in [2.75, 3.05) is 6.54 Å². The van der Waals surface area contributed by atoms with E-state index < -0.39 is 18.2 Å². The molecule has 7 heteroatoms. The third-order valence-corrected chi connectivity index (χ3v) is 5.87. The van der Waals surface area contributed by atoms with Crippen molar-refractivity contribution in [3.05, 3.63) is 65.5 Å². The van der Waals surface area contributed by atoms with Crippen molar-refractivity contribution in [3.8, 4) is 0 Å². The summed E-state index contributed by atoms with van der Waals surface area (Å²) in [6, 6.07) is 14.5. The number of nitrogens with two attached hydrogens (primary N) is 2. The second kappa shape index (κ2) is 10.9. The number of aliphatic hydroxyl groups excluding tert-OH is 1. The van der Waals surface area contributed by atoms with Crippen LogP contribution in [-0.4, -0.2) is 34.6 Å². The monoisotopic (exact) mass is 452 g/mol. The van der Waals surface area contributed by atoms with Crippen molar-refractivity contribution in [2.45, 2.75) is 70.1 Å². The maximum atomic E-state index is 12.7. The van der Waals surface area contributed by atoms with E-state index in [0.717, 1.165) is 11.1 Å². The Bertz CT molecular complexity index is 1040. The molecule has 33 heavy (non-hydrogen) atoms. The van der Waals surface area contributed by atoms with Crippen LogP contribution in [0.5, 0.6) is 0 Å². The van der Waals surface area contributed by atoms with E-state index in [4.69, 9.17) is 15.9 Å². The summed E-state index contributed by atoms with van der Waals surface area (Å²) < 4.78 is 5.88. The van der Waals surface area contributed by atoms with E-state index in [2.05, 4.69) is 31.1 Å². The maximum Gasteiger partial charge on any atom is 0.237 e. The largest absolute Gasteiger partial charge is 0.438 e. The highest BCUT2D eigenvalue weighted by Gasteiger charge is 2.29. The van der Waals surface area contributed by atoms with Gasteiger partial charge in [-0.15, -0.1) is 0 Å². The smallest absolute Gasteiger partial charge is 0.237 e. The Balaban J connectivity index is 1.82. The minimum atomic E-state index is -1.11. The molecule has 3 atom stereocenters. The normalized spacial score (nSPS) is 14.7. The standard InChI is InChI=1S/C26H36N4O3/c1-26(2,3)18-12-14-22-21(16-18)30-25(33-22)23(31)20(13-11-17-8-5-4-6-9-17)29-24(32)19(28)10-7-15-27/h4-6,8-9,12,14,16,19-20,23,31H,7,10-11,13,15,27-28H2,1-3H3,(H,29,32)/t19-,20-,23?/m1/s1. The van der Waals surface area contributed by atoms with Crippen LogP contribution in [0, 0.1) is 0 Å². The lowest BCUT2D eigenvalue weighted by molar-refractivity contribution is -0.124. The summed E-state index contributed by atoms with van der Waals surface area (Å²) in [4.78, 5) is 17.2. The quantitative estimate of drug-likeness (QED) is 0.374. The van der Waals surface area contributed by atoms with Crippen LogP contribution in [0.25, 0.3) is 11.1 Å². The van der Waals surface area contributed by atoms with Crippen LogP contribution in [-0.2, 0) is 16.6 Å². The van der Waals surface area contributed by atoms with Crippen molar-refractivity contribution >= 4 is 17.0 Å². The third-order valence-electron chi connectivity index (χ3n) is 5.87. The minimum Gasteiger partial charge on any atom is -0.438 e. The molecule has 1 aromatic heterocycles. The van der Waals surface area contributed by atoms with Crippen LogP contribution < -0.4 is 16.8 Å². The molecule has 0 aliphatic heterocycles. The van der Waals surface area contributed by atoms with Crippen molar-refractivity contribution in [2.24, 2.45) is 11.5 Å². The van der Waals surface area contributed by atoms with Gasteiger partial charge in [0.2, 0.25) is 11.8 Å². The van der Waals surface area contributed by atoms with Gasteiger partial charge in [-0.1, -0.05) is 57.2 Å². The molecular formula is C26H36N4O3. The average Bonchev–Trinajstić information content (AvgIpc) is 3.23. The van der Waals surface area contributed by atoms with Gasteiger partial charge < -0.3 is 26.3 Å². The zero-order chi connectivity index (χ0) is 24.0. The molecule has 1 heterocycles. The predicted molar refractivity (Wildman–Crippen MR) is 131 cm³/mol. The van der Waals surface area contributed by atoms with Gasteiger partial charge in [0.05, 0.1) is 12.1 Å². The molecule has 1 amide bonds. The topological polar surface area (TPSA) is 127 Å². The van der Waals surface area contributed by atoms with Gasteiger partial charge in [0.25, 0.3) is 0 Å². The molecule has 7 nitrogen and oxygen atoms in total. The lowest BCUT2D eigenvalue weighted by Gasteiger charge is -2.24. The summed E-state index contributed by atoms with van der Waals surface area (Å²) in [5.74, 6) is -0.128. The SMILES string of the molecule is CC(C)(C)c1ccc2oc(C(O)[C@@H](CCc3ccccc3)NC(=O)[C@H](N)CCCN)nc2c1. The summed E-state index contributed by atoms with van der Waals surface area (Å²) in [6.45, 7) is 6.87. The van der Waals surface area contributed by atoms with E-state index in [1.807, 2.05) is 48.5 Å². The van der Waals surface area contributed by atoms with E-state index in [-0.39, 0.29) is 17.2 Å². The van der Waals surface area contributed by atoms with E-state index in [1.54, 1.807) is 0 Å². The van der Waals surface area contributed by atoms with Gasteiger partial charge in [-0.3, -0.25) is 4.79 Å². The van der Waals surface area contributed by atoms with Crippen LogP contribution in [0.3, 0.4) is 0 Å². The van der Waals surface area contributed by atoms with Gasteiger partial charge in [0.1, 0.15) is 5.52 Å². The zero-order valence-corrected chi connectivity index (χ0v) is 19.8. The Labute approximate surface area is 195 Å². The molecule has 2 aromatic carbocycles. The molecule has 0 fully saturated rings. The van der Waals surface area contributed by atoms with E-state index in [0.29, 0.717) is 43.3 Å². The fourth-order valence-electron chi connectivity index (χ4n) is 3.74. The molecule has 1 unspecified atom stereocenters. The first-order valence-electron chi connectivity index (χ1n) is 11.6. The third kappa shape index (κ3) is 6.63. The molecule has 0 spiro atoms. The van der Waals surface area contributed by atoms with Crippen molar-refractivity contribution in [1.82, 2.24) is 10.3 Å². The number of nitrogens with zero attached hydrogens (tertiary/aromatic N) is 1. The lowest BCUT2D eigenvalue weighted by Crippen LogP contribution is -2.48. The Morgan fingerprint density at radius 3 is 2.55 bits per heavy atom. The molecule has 0 saturated heterocycles. The minimum absolute atomic E-state index is 0.0300. The maximum absolute atomic E-state index is 12.7. The molecule has 0 bridgehead atoms. The second-order valence-electron chi connectivity index (χ2n) is 9.61. The summed E-state index contributed by atoms with van der Waals surface area (Å²) in [5, 5.41) is 14.1. The molecule has 3 rings (SSSR count). The highest BCUT2D eigenvalue weighted by atomic mass is 16.4. The molecule has 0 aliphatic carbocycles. The number of carbonyl (C=O) groups is 1. The Morgan fingerprint density at radius 1 is 1.15 bits per heavy atom. The number of hydrogen-bond acceptors (Lipinski definition) is 6. The summed E-state index contributed by atoms with van der Waals surface area (Å²) >= 11 is 0. The number of hydrogen-bond donors (Lipinski definition) is 4. The number of carbonyl (C=O) groups excluding carboxylic acids is 1. The molecule has 0 radical (unpaired) electrons. The molecule has 0 saturated carbocycles. The number of aliphatic hydroxyl groups is 1. The van der Waals surface area contributed by atoms with Crippen LogP contribution in [0.1, 0.15) is 63.2 Å². The Morgan fingerprint density at radius 2 is 1.88 bits per heavy atom. The van der Waals surface area contributed by atoms with Crippen LogP contribution in [0.2, 0.25) is 0 Å². The van der Waals surface area contributed by atoms with Crippen LogP contribution in [0.4, 0.5) is 0 Å². The van der Waals surface area contributed by atoms with Crippen LogP contribution in [0.15, 0.2) is 52.9 Å². The highest BCUT2D eigenvalue weighted by Crippen LogP contribution is 2.29. The Kier molecular flexibility index (Phi) is 8.24. The van der Waals surface area contributed by atoms with Crippen molar-refractivity contribution in [3.63, 3.8) is 0 Å². The number of amides is 1. The first-order chi connectivity index (χ1) is 15.7. The number of rotatable bonds is 10. The van der Waals surface area contributed by atoms with Gasteiger partial charge in [0, 0.05) is 0 Å². The van der Waals surface area contributed by atoms with Gasteiger partial charge >= 0.3 is 0 Å². The fraction of sp³-hybridized carbons (Fsp3) is 0.462. The fourth-order valence-corrected chi connectivity index (χ4v) is 3.74.